The first-order valence-corrected chi connectivity index (χ1v) is 11.1. The first kappa shape index (κ1) is 21.6. The lowest BCUT2D eigenvalue weighted by Crippen LogP contribution is -2.41. The summed E-state index contributed by atoms with van der Waals surface area (Å²) in [6, 6.07) is 11.6. The summed E-state index contributed by atoms with van der Waals surface area (Å²) in [5.74, 6) is 1.47. The molecule has 3 rings (SSSR count). The van der Waals surface area contributed by atoms with Crippen LogP contribution < -0.4 is 10.6 Å². The first-order chi connectivity index (χ1) is 14.1. The number of benzene rings is 1. The third-order valence-corrected chi connectivity index (χ3v) is 6.04. The number of rotatable bonds is 10. The van der Waals surface area contributed by atoms with E-state index in [2.05, 4.69) is 60.7 Å². The summed E-state index contributed by atoms with van der Waals surface area (Å²) in [7, 11) is 2.20. The number of carbonyl (C=O) groups excluding carboxylic acids is 1. The highest BCUT2D eigenvalue weighted by Gasteiger charge is 2.30. The molecule has 2 N–H and O–H groups in total. The number of likely N-dealkylation sites (N-methyl/N-ethyl adjacent to an activating group) is 1. The lowest BCUT2D eigenvalue weighted by Gasteiger charge is -2.23. The molecule has 1 saturated heterocycles. The average molecular weight is 400 g/mol. The van der Waals surface area contributed by atoms with Gasteiger partial charge in [-0.15, -0.1) is 0 Å². The largest absolute Gasteiger partial charge is 0.357 e. The van der Waals surface area contributed by atoms with Crippen LogP contribution in [0.15, 0.2) is 35.3 Å². The molecule has 6 nitrogen and oxygen atoms in total. The van der Waals surface area contributed by atoms with Crippen molar-refractivity contribution in [3.8, 4) is 0 Å². The molecule has 2 atom stereocenters. The van der Waals surface area contributed by atoms with Crippen LogP contribution in [0.4, 0.5) is 0 Å². The van der Waals surface area contributed by atoms with E-state index in [0.717, 1.165) is 51.1 Å². The zero-order chi connectivity index (χ0) is 20.6. The van der Waals surface area contributed by atoms with Gasteiger partial charge in [-0.2, -0.15) is 0 Å². The van der Waals surface area contributed by atoms with Crippen molar-refractivity contribution in [3.63, 3.8) is 0 Å². The number of carbonyl (C=O) groups is 1. The number of nitrogens with one attached hydrogen (secondary N) is 2. The molecule has 2 aliphatic rings. The summed E-state index contributed by atoms with van der Waals surface area (Å²) in [6.07, 6.45) is 4.18. The van der Waals surface area contributed by atoms with Crippen LogP contribution in [0.1, 0.15) is 38.7 Å². The standard InChI is InChI=1S/C23H37N5O/c1-4-24-23(25-15-18(2)27(3)21-10-11-21)26-16-20-14-22(29)28(17-20)13-12-19-8-6-5-7-9-19/h5-9,18,20-21H,4,10-17H2,1-3H3,(H2,24,25,26). The highest BCUT2D eigenvalue weighted by molar-refractivity contribution is 5.81. The second-order valence-electron chi connectivity index (χ2n) is 8.49. The maximum atomic E-state index is 12.4. The first-order valence-electron chi connectivity index (χ1n) is 11.1. The van der Waals surface area contributed by atoms with Crippen molar-refractivity contribution in [2.75, 3.05) is 39.8 Å². The minimum Gasteiger partial charge on any atom is -0.357 e. The van der Waals surface area contributed by atoms with E-state index in [1.165, 1.54) is 18.4 Å². The van der Waals surface area contributed by atoms with E-state index in [9.17, 15) is 4.79 Å². The van der Waals surface area contributed by atoms with Crippen LogP contribution in [0.25, 0.3) is 0 Å². The Morgan fingerprint density at radius 2 is 2.03 bits per heavy atom. The Balaban J connectivity index is 1.43. The summed E-state index contributed by atoms with van der Waals surface area (Å²) in [5, 5.41) is 6.79. The van der Waals surface area contributed by atoms with E-state index in [1.54, 1.807) is 0 Å². The van der Waals surface area contributed by atoms with E-state index in [-0.39, 0.29) is 5.91 Å². The van der Waals surface area contributed by atoms with Gasteiger partial charge in [0.2, 0.25) is 5.91 Å². The molecular formula is C23H37N5O. The van der Waals surface area contributed by atoms with Gasteiger partial charge in [0, 0.05) is 50.6 Å². The molecular weight excluding hydrogens is 362 g/mol. The Hall–Kier alpha value is -2.08. The minimum absolute atomic E-state index is 0.273. The van der Waals surface area contributed by atoms with E-state index in [1.807, 2.05) is 11.0 Å². The third kappa shape index (κ3) is 6.74. The van der Waals surface area contributed by atoms with Crippen LogP contribution in [0.3, 0.4) is 0 Å². The Kier molecular flexibility index (Phi) is 7.92. The fourth-order valence-electron chi connectivity index (χ4n) is 3.89. The normalized spacial score (nSPS) is 21.0. The maximum Gasteiger partial charge on any atom is 0.223 e. The molecule has 2 unspecified atom stereocenters. The van der Waals surface area contributed by atoms with E-state index < -0.39 is 0 Å². The van der Waals surface area contributed by atoms with Gasteiger partial charge < -0.3 is 15.5 Å². The monoisotopic (exact) mass is 399 g/mol. The molecule has 1 aromatic rings. The van der Waals surface area contributed by atoms with Gasteiger partial charge in [0.25, 0.3) is 0 Å². The van der Waals surface area contributed by atoms with Crippen LogP contribution in [0, 0.1) is 5.92 Å². The summed E-state index contributed by atoms with van der Waals surface area (Å²) in [6.45, 7) is 8.37. The van der Waals surface area contributed by atoms with E-state index >= 15 is 0 Å². The number of likely N-dealkylation sites (tertiary alicyclic amines) is 1. The van der Waals surface area contributed by atoms with Gasteiger partial charge in [-0.3, -0.25) is 14.7 Å². The van der Waals surface area contributed by atoms with Crippen LogP contribution in [-0.4, -0.2) is 73.5 Å². The van der Waals surface area contributed by atoms with Crippen LogP contribution in [0.2, 0.25) is 0 Å². The molecule has 160 valence electrons. The molecule has 0 radical (unpaired) electrons. The molecule has 1 saturated carbocycles. The Morgan fingerprint density at radius 3 is 2.72 bits per heavy atom. The molecule has 0 bridgehead atoms. The third-order valence-electron chi connectivity index (χ3n) is 6.04. The maximum absolute atomic E-state index is 12.4. The predicted octanol–water partition coefficient (Wildman–Crippen LogP) is 2.12. The van der Waals surface area contributed by atoms with Crippen molar-refractivity contribution >= 4 is 11.9 Å². The smallest absolute Gasteiger partial charge is 0.223 e. The second kappa shape index (κ2) is 10.6. The zero-order valence-electron chi connectivity index (χ0n) is 18.2. The summed E-state index contributed by atoms with van der Waals surface area (Å²) >= 11 is 0. The topological polar surface area (TPSA) is 60.0 Å². The molecule has 6 heteroatoms. The van der Waals surface area contributed by atoms with Crippen LogP contribution in [-0.2, 0) is 11.2 Å². The van der Waals surface area contributed by atoms with Crippen molar-refractivity contribution in [1.29, 1.82) is 0 Å². The summed E-state index contributed by atoms with van der Waals surface area (Å²) in [5.41, 5.74) is 1.29. The van der Waals surface area contributed by atoms with Gasteiger partial charge in [-0.25, -0.2) is 0 Å². The molecule has 1 aromatic carbocycles. The van der Waals surface area contributed by atoms with Gasteiger partial charge in [0.1, 0.15) is 0 Å². The number of nitrogens with zero attached hydrogens (tertiary/aromatic N) is 3. The lowest BCUT2D eigenvalue weighted by molar-refractivity contribution is -0.127. The Bertz CT molecular complexity index is 673. The number of amides is 1. The highest BCUT2D eigenvalue weighted by atomic mass is 16.2. The number of hydrogen-bond donors (Lipinski definition) is 2. The van der Waals surface area contributed by atoms with Gasteiger partial charge in [-0.05, 0) is 45.7 Å². The van der Waals surface area contributed by atoms with Gasteiger partial charge in [-0.1, -0.05) is 30.3 Å². The molecule has 1 amide bonds. The molecule has 2 fully saturated rings. The van der Waals surface area contributed by atoms with Gasteiger partial charge >= 0.3 is 0 Å². The Morgan fingerprint density at radius 1 is 1.28 bits per heavy atom. The van der Waals surface area contributed by atoms with Crippen molar-refractivity contribution in [2.24, 2.45) is 10.9 Å². The fraction of sp³-hybridized carbons (Fsp3) is 0.652. The molecule has 1 aliphatic heterocycles. The van der Waals surface area contributed by atoms with Gasteiger partial charge in [0.15, 0.2) is 5.96 Å². The Labute approximate surface area is 175 Å². The minimum atomic E-state index is 0.273. The van der Waals surface area contributed by atoms with Crippen molar-refractivity contribution < 1.29 is 4.79 Å². The molecule has 1 aliphatic carbocycles. The molecule has 0 aromatic heterocycles. The number of aliphatic imine (C=N–C) groups is 1. The predicted molar refractivity (Wildman–Crippen MR) is 119 cm³/mol. The molecule has 0 spiro atoms. The van der Waals surface area contributed by atoms with E-state index in [4.69, 9.17) is 4.99 Å². The average Bonchev–Trinajstić information content (AvgIpc) is 3.52. The molecule has 29 heavy (non-hydrogen) atoms. The highest BCUT2D eigenvalue weighted by Crippen LogP contribution is 2.26. The van der Waals surface area contributed by atoms with Crippen LogP contribution in [0.5, 0.6) is 0 Å². The van der Waals surface area contributed by atoms with Gasteiger partial charge in [0.05, 0.1) is 6.54 Å². The zero-order valence-corrected chi connectivity index (χ0v) is 18.2. The summed E-state index contributed by atoms with van der Waals surface area (Å²) < 4.78 is 0. The fourth-order valence-corrected chi connectivity index (χ4v) is 3.89. The molecule has 1 heterocycles. The lowest BCUT2D eigenvalue weighted by atomic mass is 10.1. The quantitative estimate of drug-likeness (QED) is 0.467. The number of hydrogen-bond acceptors (Lipinski definition) is 3. The number of guanidine groups is 1. The van der Waals surface area contributed by atoms with E-state index in [0.29, 0.717) is 18.4 Å². The van der Waals surface area contributed by atoms with Crippen LogP contribution >= 0.6 is 0 Å². The SMILES string of the molecule is CCNC(=NCC(C)N(C)C1CC1)NCC1CC(=O)N(CCc2ccccc2)C1. The second-order valence-corrected chi connectivity index (χ2v) is 8.49. The van der Waals surface area contributed by atoms with Crippen molar-refractivity contribution in [1.82, 2.24) is 20.4 Å². The summed E-state index contributed by atoms with van der Waals surface area (Å²) in [4.78, 5) is 21.6. The van der Waals surface area contributed by atoms with Crippen molar-refractivity contribution in [3.05, 3.63) is 35.9 Å². The van der Waals surface area contributed by atoms with Crippen molar-refractivity contribution in [2.45, 2.75) is 51.6 Å².